The summed E-state index contributed by atoms with van der Waals surface area (Å²) in [7, 11) is 2.05. The van der Waals surface area contributed by atoms with Crippen LogP contribution in [0.2, 0.25) is 0 Å². The molecule has 2 aromatic rings. The average Bonchev–Trinajstić information content (AvgIpc) is 2.50. The van der Waals surface area contributed by atoms with Crippen molar-refractivity contribution in [1.82, 2.24) is 5.43 Å². The first-order valence-corrected chi connectivity index (χ1v) is 7.92. The molecule has 6 nitrogen and oxygen atoms in total. The van der Waals surface area contributed by atoms with Gasteiger partial charge in [0, 0.05) is 37.2 Å². The molecule has 1 aromatic carbocycles. The maximum Gasteiger partial charge on any atom is 0.345 e. The van der Waals surface area contributed by atoms with E-state index in [0.717, 1.165) is 29.6 Å². The van der Waals surface area contributed by atoms with E-state index < -0.39 is 5.63 Å². The van der Waals surface area contributed by atoms with Crippen molar-refractivity contribution in [2.24, 2.45) is 5.10 Å². The first-order valence-electron chi connectivity index (χ1n) is 7.92. The molecule has 2 heterocycles. The third-order valence-electron chi connectivity index (χ3n) is 4.49. The van der Waals surface area contributed by atoms with E-state index in [1.54, 1.807) is 6.07 Å². The van der Waals surface area contributed by atoms with Crippen LogP contribution in [0, 0.1) is 0 Å². The molecule has 0 unspecified atom stereocenters. The molecule has 0 spiro atoms. The number of rotatable bonds is 2. The highest BCUT2D eigenvalue weighted by Gasteiger charge is 2.33. The summed E-state index contributed by atoms with van der Waals surface area (Å²) in [6, 6.07) is 5.76. The van der Waals surface area contributed by atoms with Gasteiger partial charge >= 0.3 is 5.63 Å². The first kappa shape index (κ1) is 16.2. The number of hydrogen-bond donors (Lipinski definition) is 1. The molecule has 6 heteroatoms. The Balaban J connectivity index is 2.17. The Kier molecular flexibility index (Phi) is 3.91. The van der Waals surface area contributed by atoms with Gasteiger partial charge in [-0.05, 0) is 30.0 Å². The lowest BCUT2D eigenvalue weighted by atomic mass is 9.77. The van der Waals surface area contributed by atoms with Crippen LogP contribution in [0.4, 0.5) is 5.69 Å². The van der Waals surface area contributed by atoms with E-state index in [4.69, 9.17) is 4.42 Å². The molecule has 1 amide bonds. The van der Waals surface area contributed by atoms with Crippen molar-refractivity contribution in [3.63, 3.8) is 0 Å². The van der Waals surface area contributed by atoms with Gasteiger partial charge in [0.1, 0.15) is 5.58 Å². The van der Waals surface area contributed by atoms with E-state index in [2.05, 4.69) is 35.3 Å². The van der Waals surface area contributed by atoms with Crippen molar-refractivity contribution in [2.45, 2.75) is 32.6 Å². The molecule has 24 heavy (non-hydrogen) atoms. The van der Waals surface area contributed by atoms with Crippen molar-refractivity contribution in [1.29, 1.82) is 0 Å². The topological polar surface area (TPSA) is 74.9 Å². The fourth-order valence-corrected chi connectivity index (χ4v) is 3.14. The Morgan fingerprint density at radius 1 is 1.42 bits per heavy atom. The van der Waals surface area contributed by atoms with Crippen LogP contribution in [0.15, 0.2) is 32.5 Å². The van der Waals surface area contributed by atoms with Crippen molar-refractivity contribution < 1.29 is 9.21 Å². The average molecular weight is 327 g/mol. The largest absolute Gasteiger partial charge is 0.422 e. The number of amides is 1. The van der Waals surface area contributed by atoms with Gasteiger partial charge in [0.15, 0.2) is 0 Å². The number of hydrazone groups is 1. The molecule has 1 aromatic heterocycles. The van der Waals surface area contributed by atoms with Crippen molar-refractivity contribution in [2.75, 3.05) is 18.5 Å². The minimum atomic E-state index is -0.464. The molecule has 0 radical (unpaired) electrons. The Hall–Kier alpha value is -2.63. The molecule has 0 fully saturated rings. The summed E-state index contributed by atoms with van der Waals surface area (Å²) in [6.45, 7) is 6.66. The fourth-order valence-electron chi connectivity index (χ4n) is 3.14. The van der Waals surface area contributed by atoms with Gasteiger partial charge < -0.3 is 9.32 Å². The van der Waals surface area contributed by atoms with Crippen molar-refractivity contribution >= 4 is 28.8 Å². The quantitative estimate of drug-likeness (QED) is 0.522. The molecule has 0 aliphatic carbocycles. The second-order valence-corrected chi connectivity index (χ2v) is 6.85. The lowest BCUT2D eigenvalue weighted by Gasteiger charge is -2.38. The Morgan fingerprint density at radius 2 is 2.17 bits per heavy atom. The highest BCUT2D eigenvalue weighted by molar-refractivity contribution is 5.91. The Bertz CT molecular complexity index is 896. The molecule has 1 N–H and O–H groups in total. The number of anilines is 1. The predicted octanol–water partition coefficient (Wildman–Crippen LogP) is 2.38. The zero-order valence-electron chi connectivity index (χ0n) is 14.3. The Labute approximate surface area is 140 Å². The molecule has 0 saturated carbocycles. The van der Waals surface area contributed by atoms with Gasteiger partial charge in [-0.25, -0.2) is 10.2 Å². The normalized spacial score (nSPS) is 16.4. The van der Waals surface area contributed by atoms with E-state index in [-0.39, 0.29) is 11.3 Å². The molecule has 3 rings (SSSR count). The van der Waals surface area contributed by atoms with Crippen LogP contribution in [0.5, 0.6) is 0 Å². The summed E-state index contributed by atoms with van der Waals surface area (Å²) in [4.78, 5) is 25.4. The van der Waals surface area contributed by atoms with E-state index in [1.165, 1.54) is 13.1 Å². The number of benzene rings is 1. The van der Waals surface area contributed by atoms with Crippen LogP contribution in [0.3, 0.4) is 0 Å². The van der Waals surface area contributed by atoms with Crippen molar-refractivity contribution in [3.8, 4) is 0 Å². The van der Waals surface area contributed by atoms with Gasteiger partial charge in [-0.15, -0.1) is 0 Å². The second kappa shape index (κ2) is 5.78. The van der Waals surface area contributed by atoms with E-state index in [1.807, 2.05) is 13.1 Å². The smallest absolute Gasteiger partial charge is 0.345 e. The molecule has 0 atom stereocenters. The van der Waals surface area contributed by atoms with Crippen LogP contribution in [-0.2, 0) is 10.2 Å². The predicted molar refractivity (Wildman–Crippen MR) is 94.8 cm³/mol. The number of hydrogen-bond acceptors (Lipinski definition) is 5. The van der Waals surface area contributed by atoms with Crippen LogP contribution >= 0.6 is 0 Å². The molecule has 0 bridgehead atoms. The molecule has 126 valence electrons. The zero-order chi connectivity index (χ0) is 17.5. The molecular formula is C18H21N3O3. The van der Waals surface area contributed by atoms with E-state index >= 15 is 0 Å². The van der Waals surface area contributed by atoms with E-state index in [0.29, 0.717) is 11.1 Å². The summed E-state index contributed by atoms with van der Waals surface area (Å²) in [5, 5.41) is 4.59. The SMILES string of the molecule is CC(=O)N/N=C/c1cc2ccc3c(c2oc1=O)C(C)(C)CCN3C. The van der Waals surface area contributed by atoms with Gasteiger partial charge in [-0.2, -0.15) is 5.10 Å². The van der Waals surface area contributed by atoms with Crippen LogP contribution in [0.1, 0.15) is 38.3 Å². The fraction of sp³-hybridized carbons (Fsp3) is 0.389. The van der Waals surface area contributed by atoms with Gasteiger partial charge in [-0.1, -0.05) is 13.8 Å². The van der Waals surface area contributed by atoms with Gasteiger partial charge in [0.05, 0.1) is 11.8 Å². The summed E-state index contributed by atoms with van der Waals surface area (Å²) in [5.74, 6) is -0.296. The number of nitrogens with one attached hydrogen (secondary N) is 1. The monoisotopic (exact) mass is 327 g/mol. The van der Waals surface area contributed by atoms with Gasteiger partial charge in [0.25, 0.3) is 0 Å². The van der Waals surface area contributed by atoms with Crippen LogP contribution in [0.25, 0.3) is 11.0 Å². The van der Waals surface area contributed by atoms with E-state index in [9.17, 15) is 9.59 Å². The number of carbonyl (C=O) groups is 1. The minimum absolute atomic E-state index is 0.0664. The zero-order valence-corrected chi connectivity index (χ0v) is 14.3. The van der Waals surface area contributed by atoms with Crippen LogP contribution < -0.4 is 16.0 Å². The number of fused-ring (bicyclic) bond motifs is 3. The maximum absolute atomic E-state index is 12.3. The first-order chi connectivity index (χ1) is 11.3. The molecule has 1 aliphatic heterocycles. The molecule has 0 saturated heterocycles. The van der Waals surface area contributed by atoms with Gasteiger partial charge in [-0.3, -0.25) is 4.79 Å². The highest BCUT2D eigenvalue weighted by Crippen LogP contribution is 2.42. The highest BCUT2D eigenvalue weighted by atomic mass is 16.4. The Morgan fingerprint density at radius 3 is 2.88 bits per heavy atom. The summed E-state index contributed by atoms with van der Waals surface area (Å²) >= 11 is 0. The molecular weight excluding hydrogens is 306 g/mol. The van der Waals surface area contributed by atoms with Crippen molar-refractivity contribution in [3.05, 3.63) is 39.7 Å². The third kappa shape index (κ3) is 2.79. The third-order valence-corrected chi connectivity index (χ3v) is 4.49. The van der Waals surface area contributed by atoms with Gasteiger partial charge in [0.2, 0.25) is 5.91 Å². The second-order valence-electron chi connectivity index (χ2n) is 6.85. The standard InChI is InChI=1S/C18H21N3O3/c1-11(22)20-19-10-13-9-12-5-6-14-15(16(12)24-17(13)23)18(2,3)7-8-21(14)4/h5-6,9-10H,7-8H2,1-4H3,(H,20,22)/b19-10+. The number of carbonyl (C=O) groups excluding carboxylic acids is 1. The lowest BCUT2D eigenvalue weighted by Crippen LogP contribution is -2.35. The summed E-state index contributed by atoms with van der Waals surface area (Å²) < 4.78 is 5.65. The lowest BCUT2D eigenvalue weighted by molar-refractivity contribution is -0.118. The summed E-state index contributed by atoms with van der Waals surface area (Å²) in [5.41, 5.74) is 4.85. The number of nitrogens with zero attached hydrogens (tertiary/aromatic N) is 2. The molecule has 1 aliphatic rings. The summed E-state index contributed by atoms with van der Waals surface area (Å²) in [6.07, 6.45) is 2.30. The minimum Gasteiger partial charge on any atom is -0.422 e. The van der Waals surface area contributed by atoms with Crippen LogP contribution in [-0.4, -0.2) is 25.7 Å². The maximum atomic E-state index is 12.3.